The first-order valence-electron chi connectivity index (χ1n) is 7.22. The van der Waals surface area contributed by atoms with Crippen LogP contribution < -0.4 is 9.47 Å². The minimum Gasteiger partial charge on any atom is -0.497 e. The zero-order chi connectivity index (χ0) is 18.7. The molecule has 0 heterocycles. The van der Waals surface area contributed by atoms with Crippen LogP contribution in [0.5, 0.6) is 11.5 Å². The molecule has 5 nitrogen and oxygen atoms in total. The lowest BCUT2D eigenvalue weighted by atomic mass is 10.2. The number of hydrogen-bond donors (Lipinski definition) is 0. The molecule has 2 aromatic carbocycles. The summed E-state index contributed by atoms with van der Waals surface area (Å²) < 4.78 is 24.3. The van der Waals surface area contributed by atoms with E-state index in [-0.39, 0.29) is 0 Å². The van der Waals surface area contributed by atoms with Gasteiger partial charge in [-0.2, -0.15) is 0 Å². The second kappa shape index (κ2) is 10.6. The van der Waals surface area contributed by atoms with Crippen LogP contribution in [0.3, 0.4) is 0 Å². The molecule has 132 valence electrons. The standard InChI is InChI=1S/C18H16O5.CH3F/c1-21-15-10-6-14(7-11-15)18(20)23-16-8-3-13(4-9-16)5-12-17(19)22-2;1-2/h3-12H,1-2H3;1H3/b12-5+;. The molecule has 0 aliphatic rings. The van der Waals surface area contributed by atoms with Crippen LogP contribution in [0, 0.1) is 0 Å². The van der Waals surface area contributed by atoms with Crippen LogP contribution in [0.15, 0.2) is 54.6 Å². The van der Waals surface area contributed by atoms with Crippen molar-refractivity contribution in [2.45, 2.75) is 0 Å². The van der Waals surface area contributed by atoms with E-state index in [9.17, 15) is 14.0 Å². The van der Waals surface area contributed by atoms with Gasteiger partial charge in [0, 0.05) is 6.08 Å². The second-order valence-electron chi connectivity index (χ2n) is 4.54. The Balaban J connectivity index is 0.00000151. The molecule has 6 heteroatoms. The lowest BCUT2D eigenvalue weighted by molar-refractivity contribution is -0.134. The monoisotopic (exact) mass is 346 g/mol. The molecule has 0 amide bonds. The number of esters is 2. The van der Waals surface area contributed by atoms with Gasteiger partial charge in [-0.05, 0) is 48.0 Å². The molecule has 2 aromatic rings. The van der Waals surface area contributed by atoms with Gasteiger partial charge in [0.25, 0.3) is 0 Å². The van der Waals surface area contributed by atoms with Crippen LogP contribution >= 0.6 is 0 Å². The first-order chi connectivity index (χ1) is 12.1. The van der Waals surface area contributed by atoms with Gasteiger partial charge in [0.1, 0.15) is 11.5 Å². The van der Waals surface area contributed by atoms with Gasteiger partial charge in [-0.25, -0.2) is 9.59 Å². The van der Waals surface area contributed by atoms with Crippen molar-refractivity contribution in [2.75, 3.05) is 21.4 Å². The lowest BCUT2D eigenvalue weighted by Gasteiger charge is -2.05. The fourth-order valence-electron chi connectivity index (χ4n) is 1.77. The highest BCUT2D eigenvalue weighted by Crippen LogP contribution is 2.17. The maximum Gasteiger partial charge on any atom is 0.343 e. The molecule has 0 saturated heterocycles. The summed E-state index contributed by atoms with van der Waals surface area (Å²) in [5, 5.41) is 0. The van der Waals surface area contributed by atoms with E-state index in [1.54, 1.807) is 61.7 Å². The Morgan fingerprint density at radius 2 is 1.44 bits per heavy atom. The van der Waals surface area contributed by atoms with E-state index in [0.29, 0.717) is 24.2 Å². The van der Waals surface area contributed by atoms with Crippen molar-refractivity contribution < 1.29 is 28.2 Å². The molecule has 2 rings (SSSR count). The molecule has 0 N–H and O–H groups in total. The average Bonchev–Trinajstić information content (AvgIpc) is 2.68. The zero-order valence-corrected chi connectivity index (χ0v) is 14.2. The van der Waals surface area contributed by atoms with E-state index in [4.69, 9.17) is 9.47 Å². The number of carbonyl (C=O) groups is 2. The number of halogens is 1. The number of methoxy groups -OCH3 is 2. The third kappa shape index (κ3) is 6.47. The molecular formula is C19H19FO5. The van der Waals surface area contributed by atoms with Crippen molar-refractivity contribution in [3.8, 4) is 11.5 Å². The molecule has 0 unspecified atom stereocenters. The summed E-state index contributed by atoms with van der Waals surface area (Å²) in [5.41, 5.74) is 1.22. The molecule has 0 aliphatic heterocycles. The fraction of sp³-hybridized carbons (Fsp3) is 0.158. The quantitative estimate of drug-likeness (QED) is 0.469. The van der Waals surface area contributed by atoms with Crippen molar-refractivity contribution >= 4 is 18.0 Å². The highest BCUT2D eigenvalue weighted by atomic mass is 19.1. The minimum atomic E-state index is -0.453. The maximum absolute atomic E-state index is 12.0. The van der Waals surface area contributed by atoms with Gasteiger partial charge in [-0.3, -0.25) is 4.39 Å². The molecule has 0 aromatic heterocycles. The smallest absolute Gasteiger partial charge is 0.343 e. The molecular weight excluding hydrogens is 327 g/mol. The Morgan fingerprint density at radius 1 is 0.880 bits per heavy atom. The summed E-state index contributed by atoms with van der Waals surface area (Å²) in [4.78, 5) is 23.0. The van der Waals surface area contributed by atoms with Crippen molar-refractivity contribution in [3.63, 3.8) is 0 Å². The van der Waals surface area contributed by atoms with Gasteiger partial charge in [0.05, 0.1) is 27.0 Å². The van der Waals surface area contributed by atoms with E-state index in [0.717, 1.165) is 5.56 Å². The van der Waals surface area contributed by atoms with Gasteiger partial charge in [-0.15, -0.1) is 0 Å². The molecule has 0 aliphatic carbocycles. The molecule has 0 fully saturated rings. The number of rotatable bonds is 5. The predicted molar refractivity (Wildman–Crippen MR) is 92.5 cm³/mol. The van der Waals surface area contributed by atoms with Gasteiger partial charge < -0.3 is 14.2 Å². The minimum absolute atomic E-state index is 0.418. The zero-order valence-electron chi connectivity index (χ0n) is 14.2. The van der Waals surface area contributed by atoms with E-state index >= 15 is 0 Å². The molecule has 0 spiro atoms. The highest BCUT2D eigenvalue weighted by Gasteiger charge is 2.08. The van der Waals surface area contributed by atoms with Crippen LogP contribution in [0.4, 0.5) is 4.39 Å². The van der Waals surface area contributed by atoms with E-state index < -0.39 is 11.9 Å². The van der Waals surface area contributed by atoms with Crippen LogP contribution in [0.25, 0.3) is 6.08 Å². The first kappa shape index (κ1) is 19.9. The summed E-state index contributed by atoms with van der Waals surface area (Å²) in [7, 11) is 3.37. The third-order valence-electron chi connectivity index (χ3n) is 3.03. The van der Waals surface area contributed by atoms with Crippen LogP contribution in [0.1, 0.15) is 15.9 Å². The van der Waals surface area contributed by atoms with Gasteiger partial charge in [0.15, 0.2) is 0 Å². The average molecular weight is 346 g/mol. The van der Waals surface area contributed by atoms with Crippen LogP contribution in [-0.4, -0.2) is 33.3 Å². The number of benzene rings is 2. The van der Waals surface area contributed by atoms with Crippen LogP contribution in [-0.2, 0) is 9.53 Å². The second-order valence-corrected chi connectivity index (χ2v) is 4.54. The van der Waals surface area contributed by atoms with E-state index in [1.807, 2.05) is 0 Å². The fourth-order valence-corrected chi connectivity index (χ4v) is 1.77. The SMILES string of the molecule is CF.COC(=O)/C=C/c1ccc(OC(=O)c2ccc(OC)cc2)cc1. The van der Waals surface area contributed by atoms with Gasteiger partial charge >= 0.3 is 11.9 Å². The summed E-state index contributed by atoms with van der Waals surface area (Å²) in [6.07, 6.45) is 2.93. The molecule has 25 heavy (non-hydrogen) atoms. The Labute approximate surface area is 145 Å². The normalized spacial score (nSPS) is 9.76. The summed E-state index contributed by atoms with van der Waals surface area (Å²) in [5.74, 6) is 0.204. The number of hydrogen-bond acceptors (Lipinski definition) is 5. The molecule has 0 radical (unpaired) electrons. The van der Waals surface area contributed by atoms with Crippen molar-refractivity contribution in [1.29, 1.82) is 0 Å². The lowest BCUT2D eigenvalue weighted by Crippen LogP contribution is -2.08. The Kier molecular flexibility index (Phi) is 8.43. The van der Waals surface area contributed by atoms with Crippen molar-refractivity contribution in [3.05, 3.63) is 65.7 Å². The Hall–Kier alpha value is -3.15. The van der Waals surface area contributed by atoms with E-state index in [2.05, 4.69) is 4.74 Å². The number of carbonyl (C=O) groups excluding carboxylic acids is 2. The van der Waals surface area contributed by atoms with Gasteiger partial charge in [0.2, 0.25) is 0 Å². The highest BCUT2D eigenvalue weighted by molar-refractivity contribution is 5.91. The van der Waals surface area contributed by atoms with Crippen molar-refractivity contribution in [1.82, 2.24) is 0 Å². The third-order valence-corrected chi connectivity index (χ3v) is 3.03. The molecule has 0 atom stereocenters. The molecule has 0 bridgehead atoms. The summed E-state index contributed by atoms with van der Waals surface area (Å²) in [6.45, 7) is 0. The van der Waals surface area contributed by atoms with Crippen LogP contribution in [0.2, 0.25) is 0 Å². The topological polar surface area (TPSA) is 61.8 Å². The Morgan fingerprint density at radius 3 is 1.96 bits per heavy atom. The largest absolute Gasteiger partial charge is 0.497 e. The van der Waals surface area contributed by atoms with E-state index in [1.165, 1.54) is 13.2 Å². The number of ether oxygens (including phenoxy) is 3. The summed E-state index contributed by atoms with van der Waals surface area (Å²) >= 11 is 0. The summed E-state index contributed by atoms with van der Waals surface area (Å²) in [6, 6.07) is 13.4. The maximum atomic E-state index is 12.0. The van der Waals surface area contributed by atoms with Gasteiger partial charge in [-0.1, -0.05) is 12.1 Å². The first-order valence-corrected chi connectivity index (χ1v) is 7.22. The predicted octanol–water partition coefficient (Wildman–Crippen LogP) is 3.69. The molecule has 0 saturated carbocycles. The number of alkyl halides is 1. The Bertz CT molecular complexity index is 706. The van der Waals surface area contributed by atoms with Crippen molar-refractivity contribution in [2.24, 2.45) is 0 Å².